The molecule has 108 valence electrons. The standard InChI is InChI=1S/C15H19IN2O2/c1-10-8-17-6-2-3-12(17)9-18(10)15(20)13-7-11(16)4-5-14(13)19/h4-5,7,10,12,19H,2-3,6,8-9H2,1H3. The van der Waals surface area contributed by atoms with Gasteiger partial charge in [-0.3, -0.25) is 9.69 Å². The van der Waals surface area contributed by atoms with Crippen molar-refractivity contribution in [2.75, 3.05) is 19.6 Å². The number of hydrogen-bond acceptors (Lipinski definition) is 3. The lowest BCUT2D eigenvalue weighted by molar-refractivity contribution is 0.0393. The topological polar surface area (TPSA) is 43.8 Å². The molecule has 0 aromatic heterocycles. The van der Waals surface area contributed by atoms with Gasteiger partial charge in [0.05, 0.1) is 5.56 Å². The van der Waals surface area contributed by atoms with Crippen molar-refractivity contribution in [1.82, 2.24) is 9.80 Å². The molecular weight excluding hydrogens is 367 g/mol. The summed E-state index contributed by atoms with van der Waals surface area (Å²) >= 11 is 2.17. The van der Waals surface area contributed by atoms with Gasteiger partial charge >= 0.3 is 0 Å². The number of halogens is 1. The Morgan fingerprint density at radius 3 is 3.00 bits per heavy atom. The van der Waals surface area contributed by atoms with E-state index in [0.717, 1.165) is 23.2 Å². The smallest absolute Gasteiger partial charge is 0.257 e. The van der Waals surface area contributed by atoms with Gasteiger partial charge in [-0.2, -0.15) is 0 Å². The molecule has 0 bridgehead atoms. The molecule has 5 heteroatoms. The summed E-state index contributed by atoms with van der Waals surface area (Å²) in [7, 11) is 0. The minimum Gasteiger partial charge on any atom is -0.507 e. The van der Waals surface area contributed by atoms with E-state index in [4.69, 9.17) is 0 Å². The fourth-order valence-corrected chi connectivity index (χ4v) is 3.80. The van der Waals surface area contributed by atoms with Gasteiger partial charge in [0.15, 0.2) is 0 Å². The Morgan fingerprint density at radius 2 is 2.20 bits per heavy atom. The molecule has 3 rings (SSSR count). The number of hydrogen-bond donors (Lipinski definition) is 1. The van der Waals surface area contributed by atoms with E-state index in [1.807, 2.05) is 11.0 Å². The maximum atomic E-state index is 12.7. The quantitative estimate of drug-likeness (QED) is 0.754. The summed E-state index contributed by atoms with van der Waals surface area (Å²) in [4.78, 5) is 17.1. The third-order valence-corrected chi connectivity index (χ3v) is 5.06. The lowest BCUT2D eigenvalue weighted by atomic mass is 10.1. The molecule has 1 aromatic carbocycles. The third kappa shape index (κ3) is 2.53. The number of carbonyl (C=O) groups excluding carboxylic acids is 1. The van der Waals surface area contributed by atoms with Crippen LogP contribution in [0.2, 0.25) is 0 Å². The molecule has 20 heavy (non-hydrogen) atoms. The Balaban J connectivity index is 1.84. The van der Waals surface area contributed by atoms with Crippen molar-refractivity contribution < 1.29 is 9.90 Å². The maximum Gasteiger partial charge on any atom is 0.257 e. The van der Waals surface area contributed by atoms with Gasteiger partial charge in [-0.25, -0.2) is 0 Å². The van der Waals surface area contributed by atoms with Gasteiger partial charge in [0.2, 0.25) is 0 Å². The van der Waals surface area contributed by atoms with E-state index in [2.05, 4.69) is 34.4 Å². The van der Waals surface area contributed by atoms with Crippen molar-refractivity contribution in [3.05, 3.63) is 27.3 Å². The number of carbonyl (C=O) groups is 1. The summed E-state index contributed by atoms with van der Waals surface area (Å²) in [5.41, 5.74) is 0.426. The van der Waals surface area contributed by atoms with E-state index in [-0.39, 0.29) is 17.7 Å². The predicted octanol–water partition coefficient (Wildman–Crippen LogP) is 2.31. The number of phenols is 1. The summed E-state index contributed by atoms with van der Waals surface area (Å²) in [5.74, 6) is 0.0385. The first-order chi connectivity index (χ1) is 9.56. The number of phenolic OH excluding ortho intramolecular Hbond substituents is 1. The highest BCUT2D eigenvalue weighted by Crippen LogP contribution is 2.28. The molecule has 2 saturated heterocycles. The average molecular weight is 386 g/mol. The van der Waals surface area contributed by atoms with Crippen molar-refractivity contribution in [3.63, 3.8) is 0 Å². The maximum absolute atomic E-state index is 12.7. The SMILES string of the molecule is CC1CN2CCCC2CN1C(=O)c1cc(I)ccc1O. The molecule has 1 amide bonds. The molecule has 0 radical (unpaired) electrons. The predicted molar refractivity (Wildman–Crippen MR) is 85.9 cm³/mol. The summed E-state index contributed by atoms with van der Waals surface area (Å²) in [6, 6.07) is 5.89. The van der Waals surface area contributed by atoms with E-state index < -0.39 is 0 Å². The number of fused-ring (bicyclic) bond motifs is 1. The molecular formula is C15H19IN2O2. The molecule has 2 aliphatic heterocycles. The van der Waals surface area contributed by atoms with Crippen molar-refractivity contribution in [1.29, 1.82) is 0 Å². The van der Waals surface area contributed by atoms with Crippen LogP contribution in [0.25, 0.3) is 0 Å². The van der Waals surface area contributed by atoms with Crippen LogP contribution >= 0.6 is 22.6 Å². The molecule has 0 saturated carbocycles. The molecule has 2 aliphatic rings. The second kappa shape index (κ2) is 5.52. The first kappa shape index (κ1) is 14.1. The number of amides is 1. The van der Waals surface area contributed by atoms with Crippen LogP contribution in [0, 0.1) is 3.57 Å². The van der Waals surface area contributed by atoms with Crippen LogP contribution in [0.5, 0.6) is 5.75 Å². The lowest BCUT2D eigenvalue weighted by Gasteiger charge is -2.42. The molecule has 2 unspecified atom stereocenters. The third-order valence-electron chi connectivity index (χ3n) is 4.39. The monoisotopic (exact) mass is 386 g/mol. The molecule has 4 nitrogen and oxygen atoms in total. The van der Waals surface area contributed by atoms with E-state index in [0.29, 0.717) is 11.6 Å². The highest BCUT2D eigenvalue weighted by atomic mass is 127. The van der Waals surface area contributed by atoms with Crippen molar-refractivity contribution in [2.24, 2.45) is 0 Å². The molecule has 0 spiro atoms. The lowest BCUT2D eigenvalue weighted by Crippen LogP contribution is -2.56. The fourth-order valence-electron chi connectivity index (χ4n) is 3.30. The Kier molecular flexibility index (Phi) is 3.90. The number of piperazine rings is 1. The first-order valence-corrected chi connectivity index (χ1v) is 8.17. The Hall–Kier alpha value is -0.820. The molecule has 2 heterocycles. The van der Waals surface area contributed by atoms with Gasteiger partial charge in [0.25, 0.3) is 5.91 Å². The van der Waals surface area contributed by atoms with E-state index in [1.165, 1.54) is 12.8 Å². The van der Waals surface area contributed by atoms with Gasteiger partial charge in [0, 0.05) is 28.7 Å². The van der Waals surface area contributed by atoms with E-state index in [9.17, 15) is 9.90 Å². The van der Waals surface area contributed by atoms with Gasteiger partial charge in [0.1, 0.15) is 5.75 Å². The Bertz CT molecular complexity index is 535. The normalized spacial score (nSPS) is 26.6. The summed E-state index contributed by atoms with van der Waals surface area (Å²) < 4.78 is 0.968. The van der Waals surface area contributed by atoms with E-state index in [1.54, 1.807) is 12.1 Å². The van der Waals surface area contributed by atoms with Crippen LogP contribution in [0.1, 0.15) is 30.1 Å². The zero-order valence-electron chi connectivity index (χ0n) is 11.6. The van der Waals surface area contributed by atoms with Crippen LogP contribution in [0.4, 0.5) is 0 Å². The molecule has 1 aromatic rings. The van der Waals surface area contributed by atoms with Crippen LogP contribution in [-0.2, 0) is 0 Å². The molecule has 0 aliphatic carbocycles. The second-order valence-electron chi connectivity index (χ2n) is 5.76. The Labute approximate surface area is 132 Å². The van der Waals surface area contributed by atoms with Gasteiger partial charge in [-0.05, 0) is 67.1 Å². The zero-order valence-corrected chi connectivity index (χ0v) is 13.7. The van der Waals surface area contributed by atoms with Crippen LogP contribution in [0.3, 0.4) is 0 Å². The van der Waals surface area contributed by atoms with Crippen LogP contribution < -0.4 is 0 Å². The minimum absolute atomic E-state index is 0.0416. The summed E-state index contributed by atoms with van der Waals surface area (Å²) in [6.07, 6.45) is 2.41. The van der Waals surface area contributed by atoms with E-state index >= 15 is 0 Å². The van der Waals surface area contributed by atoms with Crippen molar-refractivity contribution in [2.45, 2.75) is 31.8 Å². The second-order valence-corrected chi connectivity index (χ2v) is 7.00. The van der Waals surface area contributed by atoms with Crippen molar-refractivity contribution >= 4 is 28.5 Å². The average Bonchev–Trinajstić information content (AvgIpc) is 2.87. The number of aromatic hydroxyl groups is 1. The van der Waals surface area contributed by atoms with Gasteiger partial charge in [-0.15, -0.1) is 0 Å². The zero-order chi connectivity index (χ0) is 14.3. The van der Waals surface area contributed by atoms with Gasteiger partial charge < -0.3 is 10.0 Å². The number of benzene rings is 1. The molecule has 2 atom stereocenters. The van der Waals surface area contributed by atoms with Crippen LogP contribution in [0.15, 0.2) is 18.2 Å². The van der Waals surface area contributed by atoms with Gasteiger partial charge in [-0.1, -0.05) is 0 Å². The van der Waals surface area contributed by atoms with Crippen molar-refractivity contribution in [3.8, 4) is 5.75 Å². The van der Waals surface area contributed by atoms with Crippen LogP contribution in [-0.4, -0.2) is 52.5 Å². The first-order valence-electron chi connectivity index (χ1n) is 7.10. The molecule has 2 fully saturated rings. The number of rotatable bonds is 1. The summed E-state index contributed by atoms with van der Waals surface area (Å²) in [5, 5.41) is 9.95. The summed E-state index contributed by atoms with van der Waals surface area (Å²) in [6.45, 7) is 4.98. The minimum atomic E-state index is -0.0416. The fraction of sp³-hybridized carbons (Fsp3) is 0.533. The largest absolute Gasteiger partial charge is 0.507 e. The molecule has 1 N–H and O–H groups in total. The highest BCUT2D eigenvalue weighted by molar-refractivity contribution is 14.1. The Morgan fingerprint density at radius 1 is 1.40 bits per heavy atom. The number of nitrogens with zero attached hydrogens (tertiary/aromatic N) is 2. The highest BCUT2D eigenvalue weighted by Gasteiger charge is 2.37.